The van der Waals surface area contributed by atoms with Crippen LogP contribution in [0.15, 0.2) is 54.6 Å². The van der Waals surface area contributed by atoms with E-state index in [1.54, 1.807) is 18.2 Å². The minimum Gasteiger partial charge on any atom is -0.327 e. The van der Waals surface area contributed by atoms with Crippen molar-refractivity contribution < 1.29 is 33.3 Å². The second-order valence-electron chi connectivity index (χ2n) is 8.32. The van der Waals surface area contributed by atoms with Crippen molar-refractivity contribution in [3.63, 3.8) is 0 Å². The topological polar surface area (TPSA) is 72.5 Å². The van der Waals surface area contributed by atoms with Gasteiger partial charge in [0.2, 0.25) is 0 Å². The molecule has 0 bridgehead atoms. The van der Waals surface area contributed by atoms with Crippen molar-refractivity contribution in [2.24, 2.45) is 0 Å². The first kappa shape index (κ1) is 26.8. The molecule has 0 aliphatic rings. The molecule has 35 heavy (non-hydrogen) atoms. The van der Waals surface area contributed by atoms with Gasteiger partial charge in [-0.05, 0) is 74.9 Å². The van der Waals surface area contributed by atoms with Gasteiger partial charge in [-0.1, -0.05) is 87.9 Å². The normalized spacial score (nSPS) is 11.4. The van der Waals surface area contributed by atoms with Crippen LogP contribution in [0.4, 0.5) is 0 Å². The predicted octanol–water partition coefficient (Wildman–Crippen LogP) is 7.74. The second kappa shape index (κ2) is 12.2. The minimum absolute atomic E-state index is 0.389. The van der Waals surface area contributed by atoms with Gasteiger partial charge in [0.25, 0.3) is 0 Å². The molecule has 0 spiro atoms. The lowest BCUT2D eigenvalue weighted by Crippen LogP contribution is -2.09. The third kappa shape index (κ3) is 7.33. The number of phosphoric acid groups is 1. The van der Waals surface area contributed by atoms with E-state index in [1.807, 2.05) is 77.9 Å². The van der Waals surface area contributed by atoms with E-state index in [1.165, 1.54) is 0 Å². The molecule has 8 heteroatoms. The van der Waals surface area contributed by atoms with Crippen molar-refractivity contribution in [3.05, 3.63) is 88.0 Å². The summed E-state index contributed by atoms with van der Waals surface area (Å²) in [7, 11) is -4.51. The lowest BCUT2D eigenvalue weighted by molar-refractivity contribution is -0.238. The van der Waals surface area contributed by atoms with Crippen molar-refractivity contribution in [3.8, 4) is 17.2 Å². The van der Waals surface area contributed by atoms with Crippen LogP contribution in [0.1, 0.15) is 54.2 Å². The van der Waals surface area contributed by atoms with Crippen LogP contribution >= 0.6 is 7.82 Å². The molecule has 0 aliphatic heterocycles. The Morgan fingerprint density at radius 3 is 1.09 bits per heavy atom. The highest BCUT2D eigenvalue weighted by Gasteiger charge is 2.36. The summed E-state index contributed by atoms with van der Waals surface area (Å²) >= 11 is 0. The lowest BCUT2D eigenvalue weighted by atomic mass is 10.1. The Morgan fingerprint density at radius 2 is 0.829 bits per heavy atom. The second-order valence-corrected chi connectivity index (χ2v) is 9.66. The van der Waals surface area contributed by atoms with Crippen LogP contribution < -0.4 is 14.7 Å². The molecule has 0 unspecified atom stereocenters. The standard InChI is InChI=1S/C27H33O7P/c1-7-22-16-19(4)10-13-25(22)29-32-35(28,33-30-26-14-11-20(5)17-23(26)8-2)34-31-27-15-12-21(6)18-24(27)9-3/h10-18H,7-9H2,1-6H3. The SMILES string of the molecule is CCc1cc(C)ccc1OOP(=O)(OOc1ccc(C)cc1CC)OOc1ccc(C)cc1CC. The molecule has 0 heterocycles. The number of aryl methyl sites for hydroxylation is 6. The summed E-state index contributed by atoms with van der Waals surface area (Å²) in [4.78, 5) is 16.2. The highest BCUT2D eigenvalue weighted by atomic mass is 31.2. The van der Waals surface area contributed by atoms with E-state index in [4.69, 9.17) is 28.7 Å². The summed E-state index contributed by atoms with van der Waals surface area (Å²) in [6.07, 6.45) is 2.06. The molecule has 0 saturated carbocycles. The molecular formula is C27H33O7P. The van der Waals surface area contributed by atoms with Gasteiger partial charge in [0.15, 0.2) is 17.2 Å². The Balaban J connectivity index is 1.82. The summed E-state index contributed by atoms with van der Waals surface area (Å²) in [6.45, 7) is 11.9. The summed E-state index contributed by atoms with van der Waals surface area (Å²) < 4.78 is 29.1. The molecule has 3 aromatic rings. The minimum atomic E-state index is -4.51. The van der Waals surface area contributed by atoms with Crippen molar-refractivity contribution in [2.75, 3.05) is 0 Å². The van der Waals surface area contributed by atoms with E-state index >= 15 is 0 Å². The molecule has 0 saturated heterocycles. The number of rotatable bonds is 12. The van der Waals surface area contributed by atoms with Gasteiger partial charge in [0.05, 0.1) is 0 Å². The van der Waals surface area contributed by atoms with Crippen LogP contribution in [0.2, 0.25) is 0 Å². The predicted molar refractivity (Wildman–Crippen MR) is 134 cm³/mol. The number of benzene rings is 3. The van der Waals surface area contributed by atoms with Gasteiger partial charge in [0, 0.05) is 0 Å². The Kier molecular flexibility index (Phi) is 9.35. The molecule has 0 radical (unpaired) electrons. The smallest absolute Gasteiger partial charge is 0.327 e. The Morgan fingerprint density at radius 1 is 0.543 bits per heavy atom. The maximum absolute atomic E-state index is 13.5. The van der Waals surface area contributed by atoms with Gasteiger partial charge in [-0.3, -0.25) is 0 Å². The fourth-order valence-electron chi connectivity index (χ4n) is 3.49. The molecule has 0 atom stereocenters. The first-order valence-corrected chi connectivity index (χ1v) is 13.2. The maximum Gasteiger partial charge on any atom is 0.583 e. The Labute approximate surface area is 207 Å². The largest absolute Gasteiger partial charge is 0.583 e. The molecule has 0 amide bonds. The van der Waals surface area contributed by atoms with E-state index in [9.17, 15) is 4.57 Å². The maximum atomic E-state index is 13.5. The lowest BCUT2D eigenvalue weighted by Gasteiger charge is -2.18. The van der Waals surface area contributed by atoms with Crippen LogP contribution in [-0.4, -0.2) is 0 Å². The Hall–Kier alpha value is -2.83. The zero-order valence-corrected chi connectivity index (χ0v) is 22.0. The van der Waals surface area contributed by atoms with Crippen LogP contribution in [0.25, 0.3) is 0 Å². The highest BCUT2D eigenvalue weighted by molar-refractivity contribution is 7.48. The fraction of sp³-hybridized carbons (Fsp3) is 0.333. The van der Waals surface area contributed by atoms with E-state index < -0.39 is 7.82 Å². The van der Waals surface area contributed by atoms with E-state index in [2.05, 4.69) is 0 Å². The number of hydrogen-bond donors (Lipinski definition) is 0. The molecule has 0 N–H and O–H groups in total. The zero-order chi connectivity index (χ0) is 25.4. The van der Waals surface area contributed by atoms with Crippen molar-refractivity contribution in [1.29, 1.82) is 0 Å². The first-order chi connectivity index (χ1) is 16.8. The first-order valence-electron chi connectivity index (χ1n) is 11.7. The fourth-order valence-corrected chi connectivity index (χ4v) is 4.08. The van der Waals surface area contributed by atoms with Gasteiger partial charge in [-0.15, -0.1) is 0 Å². The quantitative estimate of drug-likeness (QED) is 0.143. The molecule has 188 valence electrons. The van der Waals surface area contributed by atoms with Crippen molar-refractivity contribution in [1.82, 2.24) is 0 Å². The van der Waals surface area contributed by atoms with Crippen LogP contribution in [-0.2, 0) is 37.9 Å². The number of hydrogen-bond acceptors (Lipinski definition) is 7. The highest BCUT2D eigenvalue weighted by Crippen LogP contribution is 2.51. The molecule has 0 aromatic heterocycles. The molecule has 7 nitrogen and oxygen atoms in total. The summed E-state index contributed by atoms with van der Waals surface area (Å²) in [5.74, 6) is 1.17. The molecule has 3 aromatic carbocycles. The molecule has 0 aliphatic carbocycles. The third-order valence-corrected chi connectivity index (χ3v) is 6.22. The average Bonchev–Trinajstić information content (AvgIpc) is 2.86. The van der Waals surface area contributed by atoms with E-state index in [-0.39, 0.29) is 0 Å². The molecular weight excluding hydrogens is 467 g/mol. The van der Waals surface area contributed by atoms with Gasteiger partial charge >= 0.3 is 7.82 Å². The summed E-state index contributed by atoms with van der Waals surface area (Å²) in [5, 5.41) is 0. The van der Waals surface area contributed by atoms with Crippen molar-refractivity contribution >= 4 is 7.82 Å². The van der Waals surface area contributed by atoms with Crippen LogP contribution in [0, 0.1) is 20.8 Å². The Bertz CT molecular complexity index is 1050. The summed E-state index contributed by atoms with van der Waals surface area (Å²) in [6, 6.07) is 16.6. The average molecular weight is 501 g/mol. The van der Waals surface area contributed by atoms with E-state index in [0.717, 1.165) is 33.4 Å². The zero-order valence-electron chi connectivity index (χ0n) is 21.1. The van der Waals surface area contributed by atoms with Gasteiger partial charge in [-0.25, -0.2) is 4.57 Å². The van der Waals surface area contributed by atoms with Crippen LogP contribution in [0.3, 0.4) is 0 Å². The van der Waals surface area contributed by atoms with Gasteiger partial charge in [-0.2, -0.15) is 0 Å². The monoisotopic (exact) mass is 500 g/mol. The molecule has 0 fully saturated rings. The third-order valence-electron chi connectivity index (χ3n) is 5.45. The van der Waals surface area contributed by atoms with Crippen LogP contribution in [0.5, 0.6) is 17.2 Å². The molecule has 3 rings (SSSR count). The van der Waals surface area contributed by atoms with Gasteiger partial charge in [0.1, 0.15) is 0 Å². The van der Waals surface area contributed by atoms with E-state index in [0.29, 0.717) is 36.5 Å². The summed E-state index contributed by atoms with van der Waals surface area (Å²) in [5.41, 5.74) is 5.81. The van der Waals surface area contributed by atoms with Gasteiger partial charge < -0.3 is 14.7 Å². The van der Waals surface area contributed by atoms with Crippen molar-refractivity contribution in [2.45, 2.75) is 60.8 Å².